The number of hydrogen-bond donors (Lipinski definition) is 1. The molecule has 4 heteroatoms. The monoisotopic (exact) mass is 262 g/mol. The number of rotatable bonds is 2. The molecule has 1 aromatic heterocycles. The minimum absolute atomic E-state index is 0.149. The summed E-state index contributed by atoms with van der Waals surface area (Å²) in [5, 5.41) is 3.45. The molecule has 3 heterocycles. The molecule has 104 valence electrons. The highest BCUT2D eigenvalue weighted by Gasteiger charge is 2.45. The normalized spacial score (nSPS) is 29.8. The molecule has 3 rings (SSSR count). The van der Waals surface area contributed by atoms with E-state index in [0.29, 0.717) is 17.9 Å². The maximum absolute atomic E-state index is 12.7. The fraction of sp³-hybridized carbons (Fsp3) is 0.667. The largest absolute Gasteiger partial charge is 0.466 e. The summed E-state index contributed by atoms with van der Waals surface area (Å²) in [7, 11) is 0. The van der Waals surface area contributed by atoms with E-state index in [1.54, 1.807) is 0 Å². The van der Waals surface area contributed by atoms with Gasteiger partial charge in [0.1, 0.15) is 11.5 Å². The highest BCUT2D eigenvalue weighted by molar-refractivity contribution is 5.95. The highest BCUT2D eigenvalue weighted by atomic mass is 16.3. The van der Waals surface area contributed by atoms with Crippen LogP contribution in [0.15, 0.2) is 10.5 Å². The van der Waals surface area contributed by atoms with Crippen molar-refractivity contribution in [1.82, 2.24) is 10.2 Å². The van der Waals surface area contributed by atoms with Crippen LogP contribution in [0.1, 0.15) is 35.2 Å². The topological polar surface area (TPSA) is 45.5 Å². The van der Waals surface area contributed by atoms with Crippen molar-refractivity contribution in [2.24, 2.45) is 11.8 Å². The number of likely N-dealkylation sites (tertiary alicyclic amines) is 1. The van der Waals surface area contributed by atoms with Gasteiger partial charge in [0.05, 0.1) is 5.56 Å². The molecule has 0 saturated carbocycles. The van der Waals surface area contributed by atoms with Crippen molar-refractivity contribution in [2.45, 2.75) is 33.2 Å². The van der Waals surface area contributed by atoms with Gasteiger partial charge in [-0.2, -0.15) is 0 Å². The Bertz CT molecular complexity index is 494. The zero-order chi connectivity index (χ0) is 13.6. The van der Waals surface area contributed by atoms with Gasteiger partial charge in [-0.25, -0.2) is 0 Å². The summed E-state index contributed by atoms with van der Waals surface area (Å²) >= 11 is 0. The van der Waals surface area contributed by atoms with Crippen LogP contribution in [-0.4, -0.2) is 36.5 Å². The average Bonchev–Trinajstić information content (AvgIpc) is 3.01. The Morgan fingerprint density at radius 3 is 2.89 bits per heavy atom. The average molecular weight is 262 g/mol. The Morgan fingerprint density at radius 1 is 1.47 bits per heavy atom. The summed E-state index contributed by atoms with van der Waals surface area (Å²) in [6.07, 6.45) is 1.03. The quantitative estimate of drug-likeness (QED) is 0.886. The molecular formula is C15H22N2O2. The molecule has 1 N–H and O–H groups in total. The van der Waals surface area contributed by atoms with E-state index in [1.807, 2.05) is 19.9 Å². The lowest BCUT2D eigenvalue weighted by molar-refractivity contribution is 0.0710. The van der Waals surface area contributed by atoms with E-state index in [0.717, 1.165) is 43.1 Å². The Hall–Kier alpha value is -1.29. The maximum Gasteiger partial charge on any atom is 0.257 e. The van der Waals surface area contributed by atoms with Gasteiger partial charge in [0.25, 0.3) is 5.91 Å². The summed E-state index contributed by atoms with van der Waals surface area (Å²) in [5.41, 5.74) is 0.740. The third-order valence-electron chi connectivity index (χ3n) is 4.67. The summed E-state index contributed by atoms with van der Waals surface area (Å²) < 4.78 is 5.50. The van der Waals surface area contributed by atoms with Crippen molar-refractivity contribution in [3.63, 3.8) is 0 Å². The molecule has 1 amide bonds. The predicted molar refractivity (Wildman–Crippen MR) is 73.1 cm³/mol. The van der Waals surface area contributed by atoms with Gasteiger partial charge in [-0.05, 0) is 38.2 Å². The van der Waals surface area contributed by atoms with Crippen molar-refractivity contribution < 1.29 is 9.21 Å². The van der Waals surface area contributed by atoms with E-state index in [1.165, 1.54) is 0 Å². The summed E-state index contributed by atoms with van der Waals surface area (Å²) in [6.45, 7) is 8.94. The SMILES string of the molecule is CCC1C2CNCC2CN1C(=O)c1cc(C)oc1C. The predicted octanol–water partition coefficient (Wildman–Crippen LogP) is 1.97. The first-order chi connectivity index (χ1) is 9.11. The summed E-state index contributed by atoms with van der Waals surface area (Å²) in [4.78, 5) is 14.8. The zero-order valence-electron chi connectivity index (χ0n) is 11.9. The standard InChI is InChI=1S/C15H22N2O2/c1-4-14-13-7-16-6-11(13)8-17(14)15(18)12-5-9(2)19-10(12)3/h5,11,13-14,16H,4,6-8H2,1-3H3. The number of carbonyl (C=O) groups is 1. The molecule has 4 nitrogen and oxygen atoms in total. The fourth-order valence-electron chi connectivity index (χ4n) is 3.78. The van der Waals surface area contributed by atoms with Gasteiger partial charge in [0.2, 0.25) is 0 Å². The lowest BCUT2D eigenvalue weighted by Gasteiger charge is -2.26. The summed E-state index contributed by atoms with van der Waals surface area (Å²) in [6, 6.07) is 2.25. The number of fused-ring (bicyclic) bond motifs is 1. The fourth-order valence-corrected chi connectivity index (χ4v) is 3.78. The van der Waals surface area contributed by atoms with Crippen molar-refractivity contribution >= 4 is 5.91 Å². The van der Waals surface area contributed by atoms with E-state index < -0.39 is 0 Å². The summed E-state index contributed by atoms with van der Waals surface area (Å²) in [5.74, 6) is 2.96. The van der Waals surface area contributed by atoms with Crippen LogP contribution in [0, 0.1) is 25.7 Å². The number of aryl methyl sites for hydroxylation is 2. The molecule has 2 fully saturated rings. The Kier molecular flexibility index (Phi) is 3.13. The Balaban J connectivity index is 1.85. The van der Waals surface area contributed by atoms with Crippen LogP contribution >= 0.6 is 0 Å². The van der Waals surface area contributed by atoms with Crippen LogP contribution in [0.4, 0.5) is 0 Å². The second-order valence-corrected chi connectivity index (χ2v) is 5.84. The van der Waals surface area contributed by atoms with Crippen LogP contribution in [0.3, 0.4) is 0 Å². The van der Waals surface area contributed by atoms with Crippen molar-refractivity contribution in [3.8, 4) is 0 Å². The second kappa shape index (κ2) is 4.67. The van der Waals surface area contributed by atoms with Gasteiger partial charge in [-0.15, -0.1) is 0 Å². The lowest BCUT2D eigenvalue weighted by Crippen LogP contribution is -2.39. The molecule has 3 unspecified atom stereocenters. The van der Waals surface area contributed by atoms with Crippen LogP contribution in [0.25, 0.3) is 0 Å². The first-order valence-corrected chi connectivity index (χ1v) is 7.20. The van der Waals surface area contributed by atoms with E-state index in [2.05, 4.69) is 17.1 Å². The molecule has 0 aromatic carbocycles. The first-order valence-electron chi connectivity index (χ1n) is 7.20. The number of furan rings is 1. The lowest BCUT2D eigenvalue weighted by atomic mass is 9.93. The molecular weight excluding hydrogens is 240 g/mol. The molecule has 0 bridgehead atoms. The molecule has 0 spiro atoms. The van der Waals surface area contributed by atoms with Gasteiger partial charge in [0.15, 0.2) is 0 Å². The van der Waals surface area contributed by atoms with Gasteiger partial charge < -0.3 is 14.6 Å². The highest BCUT2D eigenvalue weighted by Crippen LogP contribution is 2.35. The second-order valence-electron chi connectivity index (χ2n) is 5.84. The molecule has 2 saturated heterocycles. The third kappa shape index (κ3) is 1.98. The van der Waals surface area contributed by atoms with Crippen molar-refractivity contribution in [1.29, 1.82) is 0 Å². The Morgan fingerprint density at radius 2 is 2.26 bits per heavy atom. The van der Waals surface area contributed by atoms with E-state index >= 15 is 0 Å². The van der Waals surface area contributed by atoms with E-state index in [-0.39, 0.29) is 5.91 Å². The molecule has 2 aliphatic rings. The first kappa shape index (κ1) is 12.7. The van der Waals surface area contributed by atoms with Crippen LogP contribution in [0.2, 0.25) is 0 Å². The minimum atomic E-state index is 0.149. The molecule has 0 aliphatic carbocycles. The van der Waals surface area contributed by atoms with Crippen LogP contribution in [0.5, 0.6) is 0 Å². The number of nitrogens with one attached hydrogen (secondary N) is 1. The van der Waals surface area contributed by atoms with E-state index in [9.17, 15) is 4.79 Å². The molecule has 1 aromatic rings. The molecule has 2 aliphatic heterocycles. The maximum atomic E-state index is 12.7. The van der Waals surface area contributed by atoms with Gasteiger partial charge in [-0.1, -0.05) is 6.92 Å². The van der Waals surface area contributed by atoms with Gasteiger partial charge in [-0.3, -0.25) is 4.79 Å². The van der Waals surface area contributed by atoms with Crippen molar-refractivity contribution in [3.05, 3.63) is 23.2 Å². The number of nitrogens with zero attached hydrogens (tertiary/aromatic N) is 1. The smallest absolute Gasteiger partial charge is 0.257 e. The van der Waals surface area contributed by atoms with Crippen LogP contribution < -0.4 is 5.32 Å². The zero-order valence-corrected chi connectivity index (χ0v) is 11.9. The van der Waals surface area contributed by atoms with Crippen molar-refractivity contribution in [2.75, 3.05) is 19.6 Å². The van der Waals surface area contributed by atoms with E-state index in [4.69, 9.17) is 4.42 Å². The van der Waals surface area contributed by atoms with Gasteiger partial charge >= 0.3 is 0 Å². The number of hydrogen-bond acceptors (Lipinski definition) is 3. The molecule has 19 heavy (non-hydrogen) atoms. The molecule has 0 radical (unpaired) electrons. The molecule has 3 atom stereocenters. The third-order valence-corrected chi connectivity index (χ3v) is 4.67. The number of amides is 1. The van der Waals surface area contributed by atoms with Gasteiger partial charge in [0, 0.05) is 25.7 Å². The minimum Gasteiger partial charge on any atom is -0.466 e. The number of carbonyl (C=O) groups excluding carboxylic acids is 1. The Labute approximate surface area is 114 Å². The van der Waals surface area contributed by atoms with Crippen LogP contribution in [-0.2, 0) is 0 Å².